The van der Waals surface area contributed by atoms with Crippen molar-refractivity contribution in [1.82, 2.24) is 9.55 Å². The van der Waals surface area contributed by atoms with Gasteiger partial charge < -0.3 is 4.57 Å². The first-order chi connectivity index (χ1) is 7.50. The molecule has 2 rings (SSSR count). The third-order valence-corrected chi connectivity index (χ3v) is 3.09. The summed E-state index contributed by atoms with van der Waals surface area (Å²) in [6.45, 7) is 6.51. The van der Waals surface area contributed by atoms with E-state index in [0.717, 1.165) is 16.0 Å². The van der Waals surface area contributed by atoms with E-state index >= 15 is 0 Å². The first kappa shape index (κ1) is 11.4. The lowest BCUT2D eigenvalue weighted by molar-refractivity contribution is 0.536. The van der Waals surface area contributed by atoms with Crippen LogP contribution in [0.15, 0.2) is 41.1 Å². The standard InChI is InChI=1S/C13H15BrN2/c1-13(2,3)12-15-8-9-16(12)11-7-5-4-6-10(11)14/h4-9H,1-3H3. The van der Waals surface area contributed by atoms with Crippen molar-refractivity contribution in [2.75, 3.05) is 0 Å². The van der Waals surface area contributed by atoms with E-state index in [0.29, 0.717) is 0 Å². The van der Waals surface area contributed by atoms with Crippen molar-refractivity contribution in [3.05, 3.63) is 47.0 Å². The molecule has 84 valence electrons. The third-order valence-electron chi connectivity index (χ3n) is 2.42. The molecule has 0 unspecified atom stereocenters. The number of nitrogens with zero attached hydrogens (tertiary/aromatic N) is 2. The quantitative estimate of drug-likeness (QED) is 0.773. The molecule has 0 saturated heterocycles. The van der Waals surface area contributed by atoms with Crippen LogP contribution >= 0.6 is 15.9 Å². The molecule has 0 aliphatic rings. The molecule has 1 aromatic carbocycles. The van der Waals surface area contributed by atoms with Crippen molar-refractivity contribution in [1.29, 1.82) is 0 Å². The molecule has 0 N–H and O–H groups in total. The molecule has 1 heterocycles. The minimum Gasteiger partial charge on any atom is -0.302 e. The zero-order valence-electron chi connectivity index (χ0n) is 9.74. The summed E-state index contributed by atoms with van der Waals surface area (Å²) < 4.78 is 3.21. The molecule has 0 radical (unpaired) electrons. The average Bonchev–Trinajstić information content (AvgIpc) is 2.66. The topological polar surface area (TPSA) is 17.8 Å². The van der Waals surface area contributed by atoms with Gasteiger partial charge in [-0.15, -0.1) is 0 Å². The maximum absolute atomic E-state index is 4.45. The van der Waals surface area contributed by atoms with Crippen LogP contribution in [0.25, 0.3) is 5.69 Å². The van der Waals surface area contributed by atoms with E-state index in [1.54, 1.807) is 0 Å². The van der Waals surface area contributed by atoms with E-state index in [2.05, 4.69) is 52.3 Å². The zero-order valence-corrected chi connectivity index (χ0v) is 11.3. The van der Waals surface area contributed by atoms with Crippen LogP contribution in [0.5, 0.6) is 0 Å². The van der Waals surface area contributed by atoms with E-state index in [9.17, 15) is 0 Å². The maximum atomic E-state index is 4.45. The second kappa shape index (κ2) is 4.06. The minimum absolute atomic E-state index is 0.0405. The van der Waals surface area contributed by atoms with Crippen molar-refractivity contribution in [2.45, 2.75) is 26.2 Å². The summed E-state index contributed by atoms with van der Waals surface area (Å²) in [5.41, 5.74) is 1.17. The number of aromatic nitrogens is 2. The van der Waals surface area contributed by atoms with Crippen LogP contribution in [-0.2, 0) is 5.41 Å². The normalized spacial score (nSPS) is 11.8. The molecule has 2 aromatic rings. The van der Waals surface area contributed by atoms with Crippen LogP contribution in [-0.4, -0.2) is 9.55 Å². The Bertz CT molecular complexity index is 495. The van der Waals surface area contributed by atoms with Crippen LogP contribution in [0, 0.1) is 0 Å². The van der Waals surface area contributed by atoms with Crippen LogP contribution in [0.1, 0.15) is 26.6 Å². The first-order valence-corrected chi connectivity index (χ1v) is 6.08. The highest BCUT2D eigenvalue weighted by Crippen LogP contribution is 2.27. The lowest BCUT2D eigenvalue weighted by Gasteiger charge is -2.20. The van der Waals surface area contributed by atoms with E-state index in [1.165, 1.54) is 0 Å². The minimum atomic E-state index is 0.0405. The van der Waals surface area contributed by atoms with Crippen LogP contribution in [0.2, 0.25) is 0 Å². The third kappa shape index (κ3) is 2.05. The van der Waals surface area contributed by atoms with Gasteiger partial charge in [0.25, 0.3) is 0 Å². The second-order valence-electron chi connectivity index (χ2n) is 4.82. The SMILES string of the molecule is CC(C)(C)c1nccn1-c1ccccc1Br. The average molecular weight is 279 g/mol. The molecule has 0 atom stereocenters. The lowest BCUT2D eigenvalue weighted by atomic mass is 9.95. The monoisotopic (exact) mass is 278 g/mol. The van der Waals surface area contributed by atoms with E-state index < -0.39 is 0 Å². The van der Waals surface area contributed by atoms with Crippen molar-refractivity contribution in [3.63, 3.8) is 0 Å². The van der Waals surface area contributed by atoms with Crippen molar-refractivity contribution < 1.29 is 0 Å². The molecule has 0 aliphatic heterocycles. The van der Waals surface area contributed by atoms with Gasteiger partial charge in [0.05, 0.1) is 5.69 Å². The van der Waals surface area contributed by atoms with Gasteiger partial charge in [-0.1, -0.05) is 32.9 Å². The molecule has 0 fully saturated rings. The zero-order chi connectivity index (χ0) is 11.8. The molecule has 1 aromatic heterocycles. The molecule has 0 amide bonds. The Kier molecular flexibility index (Phi) is 2.89. The van der Waals surface area contributed by atoms with E-state index in [-0.39, 0.29) is 5.41 Å². The van der Waals surface area contributed by atoms with Gasteiger partial charge in [0.1, 0.15) is 5.82 Å². The number of rotatable bonds is 1. The summed E-state index contributed by atoms with van der Waals surface area (Å²) in [4.78, 5) is 4.45. The predicted molar refractivity (Wildman–Crippen MR) is 70.0 cm³/mol. The Hall–Kier alpha value is -1.09. The Morgan fingerprint density at radius 1 is 1.19 bits per heavy atom. The number of benzene rings is 1. The van der Waals surface area contributed by atoms with E-state index in [1.807, 2.05) is 30.6 Å². The highest BCUT2D eigenvalue weighted by Gasteiger charge is 2.20. The molecule has 16 heavy (non-hydrogen) atoms. The van der Waals surface area contributed by atoms with Gasteiger partial charge in [-0.05, 0) is 28.1 Å². The summed E-state index contributed by atoms with van der Waals surface area (Å²) in [6, 6.07) is 8.18. The van der Waals surface area contributed by atoms with Crippen molar-refractivity contribution in [2.24, 2.45) is 0 Å². The van der Waals surface area contributed by atoms with Crippen LogP contribution in [0.3, 0.4) is 0 Å². The van der Waals surface area contributed by atoms with Gasteiger partial charge in [0.15, 0.2) is 0 Å². The fraction of sp³-hybridized carbons (Fsp3) is 0.308. The Balaban J connectivity index is 2.58. The Morgan fingerprint density at radius 2 is 1.88 bits per heavy atom. The summed E-state index contributed by atoms with van der Waals surface area (Å²) in [5, 5.41) is 0. The molecule has 2 nitrogen and oxygen atoms in total. The highest BCUT2D eigenvalue weighted by molar-refractivity contribution is 9.10. The summed E-state index contributed by atoms with van der Waals surface area (Å²) >= 11 is 3.57. The number of imidazole rings is 1. The van der Waals surface area contributed by atoms with Crippen molar-refractivity contribution in [3.8, 4) is 5.69 Å². The molecule has 3 heteroatoms. The largest absolute Gasteiger partial charge is 0.302 e. The lowest BCUT2D eigenvalue weighted by Crippen LogP contribution is -2.18. The van der Waals surface area contributed by atoms with Gasteiger partial charge in [0, 0.05) is 22.3 Å². The number of halogens is 1. The fourth-order valence-corrected chi connectivity index (χ4v) is 2.18. The Labute approximate surface area is 104 Å². The summed E-state index contributed by atoms with van der Waals surface area (Å²) in [5.74, 6) is 1.07. The molecular formula is C13H15BrN2. The van der Waals surface area contributed by atoms with Crippen LogP contribution < -0.4 is 0 Å². The summed E-state index contributed by atoms with van der Waals surface area (Å²) in [7, 11) is 0. The summed E-state index contributed by atoms with van der Waals surface area (Å²) in [6.07, 6.45) is 3.85. The maximum Gasteiger partial charge on any atom is 0.118 e. The van der Waals surface area contributed by atoms with E-state index in [4.69, 9.17) is 0 Å². The first-order valence-electron chi connectivity index (χ1n) is 5.29. The highest BCUT2D eigenvalue weighted by atomic mass is 79.9. The smallest absolute Gasteiger partial charge is 0.118 e. The molecule has 0 spiro atoms. The van der Waals surface area contributed by atoms with Gasteiger partial charge in [-0.25, -0.2) is 4.98 Å². The molecule has 0 bridgehead atoms. The number of hydrogen-bond donors (Lipinski definition) is 0. The van der Waals surface area contributed by atoms with Crippen molar-refractivity contribution >= 4 is 15.9 Å². The van der Waals surface area contributed by atoms with Gasteiger partial charge in [0.2, 0.25) is 0 Å². The van der Waals surface area contributed by atoms with Crippen LogP contribution in [0.4, 0.5) is 0 Å². The Morgan fingerprint density at radius 3 is 2.50 bits per heavy atom. The fourth-order valence-electron chi connectivity index (χ4n) is 1.70. The molecular weight excluding hydrogens is 264 g/mol. The predicted octanol–water partition coefficient (Wildman–Crippen LogP) is 3.93. The second-order valence-corrected chi connectivity index (χ2v) is 5.68. The van der Waals surface area contributed by atoms with Gasteiger partial charge in [-0.2, -0.15) is 0 Å². The molecule has 0 saturated carbocycles. The van der Waals surface area contributed by atoms with Gasteiger partial charge in [-0.3, -0.25) is 0 Å². The number of para-hydroxylation sites is 1. The number of hydrogen-bond acceptors (Lipinski definition) is 1. The molecule has 0 aliphatic carbocycles. The van der Waals surface area contributed by atoms with Gasteiger partial charge >= 0.3 is 0 Å².